The normalized spacial score (nSPS) is 14.8. The van der Waals surface area contributed by atoms with Gasteiger partial charge in [-0.1, -0.05) is 44.0 Å². The molecule has 0 unspecified atom stereocenters. The van der Waals surface area contributed by atoms with Crippen LogP contribution in [-0.4, -0.2) is 47.8 Å². The molecule has 0 aliphatic carbocycles. The number of benzene rings is 2. The van der Waals surface area contributed by atoms with Gasteiger partial charge in [-0.2, -0.15) is 0 Å². The molecule has 0 bridgehead atoms. The number of rotatable bonds is 2. The van der Waals surface area contributed by atoms with Crippen molar-refractivity contribution < 1.29 is 9.59 Å². The number of hydrogen-bond acceptors (Lipinski definition) is 2. The molecule has 1 fully saturated rings. The van der Waals surface area contributed by atoms with E-state index >= 15 is 0 Å². The molecule has 6 heteroatoms. The van der Waals surface area contributed by atoms with Crippen LogP contribution in [0.25, 0.3) is 0 Å². The van der Waals surface area contributed by atoms with Crippen molar-refractivity contribution in [2.24, 2.45) is 0 Å². The Hall–Kier alpha value is -1.66. The van der Waals surface area contributed by atoms with Gasteiger partial charge < -0.3 is 9.80 Å². The van der Waals surface area contributed by atoms with Gasteiger partial charge >= 0.3 is 0 Å². The lowest BCUT2D eigenvalue weighted by atomic mass is 10.1. The molecular formula is C21H22Br2N2O2. The van der Waals surface area contributed by atoms with Crippen molar-refractivity contribution in [1.82, 2.24) is 9.80 Å². The zero-order valence-corrected chi connectivity index (χ0v) is 18.6. The molecule has 0 N–H and O–H groups in total. The van der Waals surface area contributed by atoms with E-state index in [0.717, 1.165) is 26.5 Å². The van der Waals surface area contributed by atoms with E-state index in [1.807, 2.05) is 60.0 Å². The molecule has 0 radical (unpaired) electrons. The van der Waals surface area contributed by atoms with E-state index in [9.17, 15) is 9.59 Å². The highest BCUT2D eigenvalue weighted by Gasteiger charge is 2.24. The fraction of sp³-hybridized carbons (Fsp3) is 0.333. The molecule has 27 heavy (non-hydrogen) atoms. The number of amides is 2. The van der Waals surface area contributed by atoms with E-state index < -0.39 is 0 Å². The summed E-state index contributed by atoms with van der Waals surface area (Å²) < 4.78 is 1.87. The molecule has 1 aliphatic heterocycles. The second kappa shape index (κ2) is 8.57. The number of carbonyl (C=O) groups is 2. The third-order valence-electron chi connectivity index (χ3n) is 4.91. The standard InChI is InChI=1S/C21H22Br2N2O2/c1-14-4-6-16(12-18(14)22)20(26)24-8-3-9-25(11-10-24)21(27)17-7-5-15(2)19(23)13-17/h4-7,12-13H,3,8-11H2,1-2H3. The van der Waals surface area contributed by atoms with Gasteiger partial charge in [0.1, 0.15) is 0 Å². The van der Waals surface area contributed by atoms with Crippen LogP contribution in [0.4, 0.5) is 0 Å². The summed E-state index contributed by atoms with van der Waals surface area (Å²) in [6.45, 7) is 6.40. The summed E-state index contributed by atoms with van der Waals surface area (Å²) in [5.41, 5.74) is 3.55. The van der Waals surface area contributed by atoms with Crippen molar-refractivity contribution in [3.05, 3.63) is 67.6 Å². The first kappa shape index (κ1) is 20.1. The maximum absolute atomic E-state index is 12.8. The third kappa shape index (κ3) is 4.61. The summed E-state index contributed by atoms with van der Waals surface area (Å²) in [4.78, 5) is 29.4. The smallest absolute Gasteiger partial charge is 0.253 e. The first-order valence-electron chi connectivity index (χ1n) is 8.97. The van der Waals surface area contributed by atoms with Crippen molar-refractivity contribution in [3.8, 4) is 0 Å². The van der Waals surface area contributed by atoms with Crippen molar-refractivity contribution in [3.63, 3.8) is 0 Å². The lowest BCUT2D eigenvalue weighted by Crippen LogP contribution is -2.37. The summed E-state index contributed by atoms with van der Waals surface area (Å²) in [7, 11) is 0. The second-order valence-electron chi connectivity index (χ2n) is 6.87. The van der Waals surface area contributed by atoms with Crippen LogP contribution in [0.5, 0.6) is 0 Å². The highest BCUT2D eigenvalue weighted by atomic mass is 79.9. The molecule has 2 aromatic carbocycles. The number of halogens is 2. The zero-order valence-electron chi connectivity index (χ0n) is 15.5. The van der Waals surface area contributed by atoms with E-state index in [1.54, 1.807) is 0 Å². The summed E-state index contributed by atoms with van der Waals surface area (Å²) in [6, 6.07) is 11.4. The summed E-state index contributed by atoms with van der Waals surface area (Å²) >= 11 is 6.98. The Labute approximate surface area is 176 Å². The van der Waals surface area contributed by atoms with Crippen LogP contribution in [-0.2, 0) is 0 Å². The fourth-order valence-electron chi connectivity index (χ4n) is 3.14. The minimum Gasteiger partial charge on any atom is -0.337 e. The van der Waals surface area contributed by atoms with Crippen molar-refractivity contribution in [2.75, 3.05) is 26.2 Å². The number of nitrogens with zero attached hydrogens (tertiary/aromatic N) is 2. The minimum absolute atomic E-state index is 0.0167. The van der Waals surface area contributed by atoms with Gasteiger partial charge in [-0.25, -0.2) is 0 Å². The Bertz CT molecular complexity index is 811. The van der Waals surface area contributed by atoms with Crippen LogP contribution in [0.15, 0.2) is 45.3 Å². The van der Waals surface area contributed by atoms with Crippen LogP contribution in [0, 0.1) is 13.8 Å². The quantitative estimate of drug-likeness (QED) is 0.601. The van der Waals surface area contributed by atoms with Gasteiger partial charge in [0.2, 0.25) is 0 Å². The molecular weight excluding hydrogens is 472 g/mol. The predicted molar refractivity (Wildman–Crippen MR) is 114 cm³/mol. The van der Waals surface area contributed by atoms with Gasteiger partial charge in [-0.05, 0) is 55.7 Å². The molecule has 2 amide bonds. The fourth-order valence-corrected chi connectivity index (χ4v) is 3.90. The van der Waals surface area contributed by atoms with Gasteiger partial charge in [0.15, 0.2) is 0 Å². The van der Waals surface area contributed by atoms with E-state index in [4.69, 9.17) is 0 Å². The van der Waals surface area contributed by atoms with E-state index in [-0.39, 0.29) is 11.8 Å². The highest BCUT2D eigenvalue weighted by molar-refractivity contribution is 9.10. The van der Waals surface area contributed by atoms with Crippen LogP contribution >= 0.6 is 31.9 Å². The Morgan fingerprint density at radius 3 is 1.52 bits per heavy atom. The van der Waals surface area contributed by atoms with E-state index in [0.29, 0.717) is 37.3 Å². The van der Waals surface area contributed by atoms with Crippen molar-refractivity contribution >= 4 is 43.7 Å². The van der Waals surface area contributed by atoms with Crippen LogP contribution in [0.1, 0.15) is 38.3 Å². The van der Waals surface area contributed by atoms with Gasteiger partial charge in [0, 0.05) is 46.3 Å². The lowest BCUT2D eigenvalue weighted by molar-refractivity contribution is 0.0718. The van der Waals surface area contributed by atoms with Gasteiger partial charge in [0.25, 0.3) is 11.8 Å². The summed E-state index contributed by atoms with van der Waals surface area (Å²) in [5, 5.41) is 0. The SMILES string of the molecule is Cc1ccc(C(=O)N2CCCN(C(=O)c3ccc(C)c(Br)c3)CC2)cc1Br. The van der Waals surface area contributed by atoms with E-state index in [2.05, 4.69) is 31.9 Å². The maximum Gasteiger partial charge on any atom is 0.253 e. The molecule has 0 saturated carbocycles. The highest BCUT2D eigenvalue weighted by Crippen LogP contribution is 2.21. The Morgan fingerprint density at radius 2 is 1.15 bits per heavy atom. The topological polar surface area (TPSA) is 40.6 Å². The molecule has 2 aromatic rings. The third-order valence-corrected chi connectivity index (χ3v) is 6.62. The molecule has 1 heterocycles. The Balaban J connectivity index is 1.69. The average molecular weight is 494 g/mol. The molecule has 4 nitrogen and oxygen atoms in total. The molecule has 3 rings (SSSR count). The maximum atomic E-state index is 12.8. The first-order valence-corrected chi connectivity index (χ1v) is 10.6. The van der Waals surface area contributed by atoms with Crippen LogP contribution in [0.2, 0.25) is 0 Å². The molecule has 0 aromatic heterocycles. The van der Waals surface area contributed by atoms with Crippen LogP contribution in [0.3, 0.4) is 0 Å². The predicted octanol–water partition coefficient (Wildman–Crippen LogP) is 4.82. The molecule has 1 saturated heterocycles. The van der Waals surface area contributed by atoms with Gasteiger partial charge in [-0.15, -0.1) is 0 Å². The number of aryl methyl sites for hydroxylation is 2. The summed E-state index contributed by atoms with van der Waals surface area (Å²) in [5.74, 6) is 0.0335. The first-order chi connectivity index (χ1) is 12.9. The molecule has 0 spiro atoms. The minimum atomic E-state index is 0.0167. The van der Waals surface area contributed by atoms with Gasteiger partial charge in [0.05, 0.1) is 0 Å². The van der Waals surface area contributed by atoms with Crippen molar-refractivity contribution in [2.45, 2.75) is 20.3 Å². The number of hydrogen-bond donors (Lipinski definition) is 0. The Morgan fingerprint density at radius 1 is 0.741 bits per heavy atom. The van der Waals surface area contributed by atoms with Crippen molar-refractivity contribution in [1.29, 1.82) is 0 Å². The molecule has 0 atom stereocenters. The molecule has 1 aliphatic rings. The molecule has 142 valence electrons. The summed E-state index contributed by atoms with van der Waals surface area (Å²) in [6.07, 6.45) is 0.775. The largest absolute Gasteiger partial charge is 0.337 e. The number of carbonyl (C=O) groups excluding carboxylic acids is 2. The second-order valence-corrected chi connectivity index (χ2v) is 8.57. The van der Waals surface area contributed by atoms with Gasteiger partial charge in [-0.3, -0.25) is 9.59 Å². The zero-order chi connectivity index (χ0) is 19.6. The van der Waals surface area contributed by atoms with E-state index in [1.165, 1.54) is 0 Å². The lowest BCUT2D eigenvalue weighted by Gasteiger charge is -2.22. The van der Waals surface area contributed by atoms with Crippen LogP contribution < -0.4 is 0 Å². The average Bonchev–Trinajstić information content (AvgIpc) is 2.91. The Kier molecular flexibility index (Phi) is 6.37. The monoisotopic (exact) mass is 492 g/mol.